The van der Waals surface area contributed by atoms with Gasteiger partial charge in [0.15, 0.2) is 5.78 Å². The summed E-state index contributed by atoms with van der Waals surface area (Å²) in [6.07, 6.45) is 7.16. The number of nitrogens with zero attached hydrogens (tertiary/aromatic N) is 1. The van der Waals surface area contributed by atoms with Gasteiger partial charge in [-0.1, -0.05) is 17.7 Å². The number of nitrogens with one attached hydrogen (secondary N) is 1. The topological polar surface area (TPSA) is 59.1 Å². The zero-order chi connectivity index (χ0) is 19.2. The van der Waals surface area contributed by atoms with Crippen molar-refractivity contribution in [1.82, 2.24) is 10.3 Å². The lowest BCUT2D eigenvalue weighted by Gasteiger charge is -2.07. The van der Waals surface area contributed by atoms with Crippen molar-refractivity contribution in [2.75, 3.05) is 6.54 Å². The van der Waals surface area contributed by atoms with Crippen LogP contribution in [0.2, 0.25) is 0 Å². The van der Waals surface area contributed by atoms with Gasteiger partial charge in [0.25, 0.3) is 0 Å². The number of carbonyl (C=O) groups excluding carboxylic acids is 2. The van der Waals surface area contributed by atoms with Gasteiger partial charge in [-0.3, -0.25) is 9.59 Å². The van der Waals surface area contributed by atoms with Gasteiger partial charge in [0.1, 0.15) is 0 Å². The SMILES string of the molecule is Cc1ccc(C)c(C(=O)CCC(=O)NCCCc2nc3c(s2)CCCC3)c1. The molecule has 0 radical (unpaired) electrons. The smallest absolute Gasteiger partial charge is 0.220 e. The average Bonchev–Trinajstić information content (AvgIpc) is 3.08. The van der Waals surface area contributed by atoms with E-state index >= 15 is 0 Å². The third-order valence-electron chi connectivity index (χ3n) is 5.05. The predicted octanol–water partition coefficient (Wildman–Crippen LogP) is 4.35. The molecule has 5 heteroatoms. The lowest BCUT2D eigenvalue weighted by atomic mass is 9.99. The normalized spacial score (nSPS) is 13.3. The van der Waals surface area contributed by atoms with Crippen molar-refractivity contribution in [3.8, 4) is 0 Å². The lowest BCUT2D eigenvalue weighted by Crippen LogP contribution is -2.25. The van der Waals surface area contributed by atoms with Crippen LogP contribution in [0.4, 0.5) is 0 Å². The monoisotopic (exact) mass is 384 g/mol. The van der Waals surface area contributed by atoms with Crippen molar-refractivity contribution in [1.29, 1.82) is 0 Å². The van der Waals surface area contributed by atoms with E-state index in [0.717, 1.165) is 36.0 Å². The lowest BCUT2D eigenvalue weighted by molar-refractivity contribution is -0.121. The number of carbonyl (C=O) groups is 2. The molecule has 2 aromatic rings. The number of hydrogen-bond acceptors (Lipinski definition) is 4. The van der Waals surface area contributed by atoms with Gasteiger partial charge in [0.2, 0.25) is 5.91 Å². The third-order valence-corrected chi connectivity index (χ3v) is 6.27. The van der Waals surface area contributed by atoms with Crippen LogP contribution >= 0.6 is 11.3 Å². The molecule has 1 amide bonds. The summed E-state index contributed by atoms with van der Waals surface area (Å²) in [5.41, 5.74) is 4.07. The molecule has 0 saturated heterocycles. The van der Waals surface area contributed by atoms with Crippen LogP contribution in [-0.4, -0.2) is 23.2 Å². The van der Waals surface area contributed by atoms with Crippen LogP contribution in [0, 0.1) is 13.8 Å². The number of thiazole rings is 1. The van der Waals surface area contributed by atoms with Crippen LogP contribution in [0.1, 0.15) is 69.2 Å². The van der Waals surface area contributed by atoms with E-state index in [1.165, 1.54) is 34.8 Å². The van der Waals surface area contributed by atoms with E-state index in [0.29, 0.717) is 6.54 Å². The first-order valence-electron chi connectivity index (χ1n) is 9.87. The predicted molar refractivity (Wildman–Crippen MR) is 110 cm³/mol. The third kappa shape index (κ3) is 5.48. The maximum absolute atomic E-state index is 12.3. The molecule has 0 aliphatic heterocycles. The minimum atomic E-state index is -0.0490. The molecule has 0 saturated carbocycles. The highest BCUT2D eigenvalue weighted by molar-refractivity contribution is 7.11. The largest absolute Gasteiger partial charge is 0.356 e. The molecule has 1 N–H and O–H groups in total. The summed E-state index contributed by atoms with van der Waals surface area (Å²) >= 11 is 1.84. The van der Waals surface area contributed by atoms with Crippen LogP contribution < -0.4 is 5.32 Å². The quantitative estimate of drug-likeness (QED) is 0.544. The maximum Gasteiger partial charge on any atom is 0.220 e. The second-order valence-corrected chi connectivity index (χ2v) is 8.55. The fraction of sp³-hybridized carbons (Fsp3) is 0.500. The molecule has 0 unspecified atom stereocenters. The van der Waals surface area contributed by atoms with Crippen molar-refractivity contribution in [3.63, 3.8) is 0 Å². The Morgan fingerprint density at radius 2 is 1.96 bits per heavy atom. The van der Waals surface area contributed by atoms with E-state index in [2.05, 4.69) is 5.32 Å². The zero-order valence-electron chi connectivity index (χ0n) is 16.3. The number of Topliss-reactive ketones (excluding diaryl/α,β-unsaturated/α-hetero) is 1. The summed E-state index contributed by atoms with van der Waals surface area (Å²) in [6, 6.07) is 5.86. The molecule has 3 rings (SSSR count). The van der Waals surface area contributed by atoms with Crippen molar-refractivity contribution in [2.45, 2.75) is 65.2 Å². The first kappa shape index (κ1) is 19.7. The Labute approximate surface area is 165 Å². The fourth-order valence-corrected chi connectivity index (χ4v) is 4.66. The Morgan fingerprint density at radius 3 is 2.78 bits per heavy atom. The minimum Gasteiger partial charge on any atom is -0.356 e. The highest BCUT2D eigenvalue weighted by Gasteiger charge is 2.15. The first-order chi connectivity index (χ1) is 13.0. The number of aryl methyl sites for hydroxylation is 5. The molecule has 1 aliphatic rings. The van der Waals surface area contributed by atoms with Gasteiger partial charge in [-0.2, -0.15) is 0 Å². The van der Waals surface area contributed by atoms with Gasteiger partial charge in [-0.05, 0) is 57.6 Å². The molecule has 1 aromatic carbocycles. The minimum absolute atomic E-state index is 0.0414. The van der Waals surface area contributed by atoms with Gasteiger partial charge in [0.05, 0.1) is 10.7 Å². The van der Waals surface area contributed by atoms with Crippen LogP contribution in [-0.2, 0) is 24.1 Å². The summed E-state index contributed by atoms with van der Waals surface area (Å²) in [5, 5.41) is 4.13. The molecule has 0 spiro atoms. The number of rotatable bonds is 8. The molecule has 0 fully saturated rings. The van der Waals surface area contributed by atoms with Gasteiger partial charge in [-0.15, -0.1) is 11.3 Å². The van der Waals surface area contributed by atoms with Crippen LogP contribution in [0.15, 0.2) is 18.2 Å². The molecule has 0 bridgehead atoms. The van der Waals surface area contributed by atoms with Gasteiger partial charge in [-0.25, -0.2) is 4.98 Å². The van der Waals surface area contributed by atoms with E-state index in [9.17, 15) is 9.59 Å². The highest BCUT2D eigenvalue weighted by Crippen LogP contribution is 2.27. The van der Waals surface area contributed by atoms with Crippen molar-refractivity contribution in [3.05, 3.63) is 50.5 Å². The van der Waals surface area contributed by atoms with Crippen LogP contribution in [0.5, 0.6) is 0 Å². The highest BCUT2D eigenvalue weighted by atomic mass is 32.1. The second-order valence-electron chi connectivity index (χ2n) is 7.38. The number of benzene rings is 1. The molecule has 144 valence electrons. The maximum atomic E-state index is 12.3. The van der Waals surface area contributed by atoms with E-state index in [-0.39, 0.29) is 24.5 Å². The Hall–Kier alpha value is -2.01. The number of aromatic nitrogens is 1. The number of hydrogen-bond donors (Lipinski definition) is 1. The van der Waals surface area contributed by atoms with Crippen LogP contribution in [0.25, 0.3) is 0 Å². The fourth-order valence-electron chi connectivity index (χ4n) is 3.47. The first-order valence-corrected chi connectivity index (χ1v) is 10.7. The standard InChI is InChI=1S/C22H28N2O2S/c1-15-9-10-16(2)17(14-15)19(25)11-12-21(26)23-13-5-8-22-24-18-6-3-4-7-20(18)27-22/h9-10,14H,3-8,11-13H2,1-2H3,(H,23,26). The Bertz CT molecular complexity index is 802. The molecule has 1 aliphatic carbocycles. The van der Waals surface area contributed by atoms with E-state index in [1.54, 1.807) is 0 Å². The zero-order valence-corrected chi connectivity index (χ0v) is 17.1. The number of ketones is 1. The Balaban J connectivity index is 1.36. The van der Waals surface area contributed by atoms with Crippen LogP contribution in [0.3, 0.4) is 0 Å². The van der Waals surface area contributed by atoms with Crippen molar-refractivity contribution >= 4 is 23.0 Å². The molecule has 4 nitrogen and oxygen atoms in total. The Kier molecular flexibility index (Phi) is 6.78. The molecular weight excluding hydrogens is 356 g/mol. The second kappa shape index (κ2) is 9.27. The van der Waals surface area contributed by atoms with Crippen molar-refractivity contribution < 1.29 is 9.59 Å². The molecule has 0 atom stereocenters. The summed E-state index contributed by atoms with van der Waals surface area (Å²) in [6.45, 7) is 4.55. The summed E-state index contributed by atoms with van der Waals surface area (Å²) in [7, 11) is 0. The summed E-state index contributed by atoms with van der Waals surface area (Å²) in [4.78, 5) is 30.6. The summed E-state index contributed by atoms with van der Waals surface area (Å²) in [5.74, 6) is -0.00759. The average molecular weight is 385 g/mol. The number of fused-ring (bicyclic) bond motifs is 1. The number of amides is 1. The van der Waals surface area contributed by atoms with E-state index in [1.807, 2.05) is 43.4 Å². The van der Waals surface area contributed by atoms with Gasteiger partial charge in [0, 0.05) is 36.2 Å². The van der Waals surface area contributed by atoms with Gasteiger partial charge < -0.3 is 5.32 Å². The molecule has 1 heterocycles. The van der Waals surface area contributed by atoms with E-state index in [4.69, 9.17) is 4.98 Å². The molecule has 1 aromatic heterocycles. The van der Waals surface area contributed by atoms with Gasteiger partial charge >= 0.3 is 0 Å². The van der Waals surface area contributed by atoms with Crippen molar-refractivity contribution in [2.24, 2.45) is 0 Å². The Morgan fingerprint density at radius 1 is 1.15 bits per heavy atom. The summed E-state index contributed by atoms with van der Waals surface area (Å²) < 4.78 is 0. The molecular formula is C22H28N2O2S. The van der Waals surface area contributed by atoms with E-state index < -0.39 is 0 Å². The molecule has 27 heavy (non-hydrogen) atoms.